The maximum Gasteiger partial charge on any atom is 0.342 e. The summed E-state index contributed by atoms with van der Waals surface area (Å²) in [7, 11) is 0.211. The lowest BCUT2D eigenvalue weighted by molar-refractivity contribution is -0.149. The molecule has 0 amide bonds. The summed E-state index contributed by atoms with van der Waals surface area (Å²) in [5, 5.41) is 0. The van der Waals surface area contributed by atoms with Crippen LogP contribution >= 0.6 is 0 Å². The first kappa shape index (κ1) is 31.3. The van der Waals surface area contributed by atoms with Gasteiger partial charge in [-0.3, -0.25) is 0 Å². The van der Waals surface area contributed by atoms with E-state index in [1.165, 1.54) is 13.2 Å². The van der Waals surface area contributed by atoms with Gasteiger partial charge in [0.25, 0.3) is 0 Å². The van der Waals surface area contributed by atoms with Gasteiger partial charge in [0.1, 0.15) is 29.0 Å². The molecule has 2 aliphatic rings. The van der Waals surface area contributed by atoms with Crippen molar-refractivity contribution in [2.24, 2.45) is 11.8 Å². The third kappa shape index (κ3) is 8.64. The maximum atomic E-state index is 15.3. The Balaban J connectivity index is 2.06. The Hall–Kier alpha value is -2.20. The largest absolute Gasteiger partial charge is 0.494 e. The average molecular weight is 565 g/mol. The van der Waals surface area contributed by atoms with E-state index in [1.54, 1.807) is 19.9 Å². The number of rotatable bonds is 7. The molecule has 9 heteroatoms. The lowest BCUT2D eigenvalue weighted by Gasteiger charge is -2.24. The highest BCUT2D eigenvalue weighted by molar-refractivity contribution is 6.76. The van der Waals surface area contributed by atoms with Crippen LogP contribution in [0.1, 0.15) is 57.0 Å². The van der Waals surface area contributed by atoms with Gasteiger partial charge < -0.3 is 28.4 Å². The zero-order valence-electron chi connectivity index (χ0n) is 24.8. The fourth-order valence-electron chi connectivity index (χ4n) is 4.58. The fourth-order valence-corrected chi connectivity index (χ4v) is 5.30. The van der Waals surface area contributed by atoms with E-state index in [4.69, 9.17) is 28.4 Å². The van der Waals surface area contributed by atoms with Crippen LogP contribution < -0.4 is 9.47 Å². The maximum absolute atomic E-state index is 15.3. The topological polar surface area (TPSA) is 72.5 Å². The van der Waals surface area contributed by atoms with Crippen molar-refractivity contribution in [1.29, 1.82) is 0 Å². The highest BCUT2D eigenvalue weighted by atomic mass is 28.3. The lowest BCUT2D eigenvalue weighted by atomic mass is 9.93. The fraction of sp³-hybridized carbons (Fsp3) is 0.633. The SMILES string of the molecule is COCOc1cc(OCC[Si](C)(C)C)cc2c1C(=O)O[C@@H](C)[C@H](C)/C=C(/F)C(C)C1OC(C)(C)OC1C/C=C/2. The Morgan fingerprint density at radius 2 is 1.82 bits per heavy atom. The number of esters is 1. The van der Waals surface area contributed by atoms with Gasteiger partial charge in [-0.15, -0.1) is 0 Å². The van der Waals surface area contributed by atoms with E-state index >= 15 is 4.39 Å². The quantitative estimate of drug-likeness (QED) is 0.201. The normalized spacial score (nSPS) is 29.7. The molecule has 0 N–H and O–H groups in total. The van der Waals surface area contributed by atoms with E-state index in [-0.39, 0.29) is 30.2 Å². The van der Waals surface area contributed by atoms with Crippen LogP contribution in [0.15, 0.2) is 30.1 Å². The van der Waals surface area contributed by atoms with Crippen molar-refractivity contribution in [3.05, 3.63) is 41.2 Å². The number of halogens is 1. The molecular weight excluding hydrogens is 519 g/mol. The summed E-state index contributed by atoms with van der Waals surface area (Å²) in [4.78, 5) is 13.5. The number of hydrogen-bond acceptors (Lipinski definition) is 7. The molecule has 1 fully saturated rings. The van der Waals surface area contributed by atoms with Gasteiger partial charge in [-0.05, 0) is 50.9 Å². The number of cyclic esters (lactones) is 1. The summed E-state index contributed by atoms with van der Waals surface area (Å²) in [6, 6.07) is 4.51. The van der Waals surface area contributed by atoms with Gasteiger partial charge in [0.2, 0.25) is 0 Å². The highest BCUT2D eigenvalue weighted by Crippen LogP contribution is 2.38. The van der Waals surface area contributed by atoms with E-state index < -0.39 is 38.0 Å². The van der Waals surface area contributed by atoms with Gasteiger partial charge >= 0.3 is 5.97 Å². The van der Waals surface area contributed by atoms with Crippen LogP contribution in [-0.4, -0.2) is 58.7 Å². The van der Waals surface area contributed by atoms with Crippen LogP contribution in [0.3, 0.4) is 0 Å². The minimum atomic E-state index is -1.30. The van der Waals surface area contributed by atoms with E-state index in [2.05, 4.69) is 19.6 Å². The molecular formula is C30H45FO7Si. The summed E-state index contributed by atoms with van der Waals surface area (Å²) in [5.74, 6) is -1.71. The summed E-state index contributed by atoms with van der Waals surface area (Å²) >= 11 is 0. The summed E-state index contributed by atoms with van der Waals surface area (Å²) in [5.41, 5.74) is 0.855. The number of carbonyl (C=O) groups is 1. The zero-order chi connectivity index (χ0) is 29.0. The van der Waals surface area contributed by atoms with Gasteiger partial charge in [0.05, 0.1) is 18.8 Å². The standard InChI is InChI=1S/C30H45FO7Si/c1-19-15-24(31)20(2)28-25(37-30(4,5)38-28)12-10-11-22-16-23(34-13-14-39(7,8)9)17-26(35-18-33-6)27(22)29(32)36-21(19)3/h10-11,15-17,19-21,25,28H,12-14,18H2,1-9H3/b11-10+,24-15+/t19-,20?,21+,25?,28?/m1/s1. The van der Waals surface area contributed by atoms with E-state index in [0.717, 1.165) is 6.04 Å². The van der Waals surface area contributed by atoms with Crippen molar-refractivity contribution in [2.45, 2.75) is 90.8 Å². The molecule has 0 radical (unpaired) electrons. The summed E-state index contributed by atoms with van der Waals surface area (Å²) < 4.78 is 50.5. The molecule has 1 aromatic rings. The van der Waals surface area contributed by atoms with Crippen molar-refractivity contribution < 1.29 is 37.6 Å². The number of fused-ring (bicyclic) bond motifs is 2. The predicted molar refractivity (Wildman–Crippen MR) is 152 cm³/mol. The van der Waals surface area contributed by atoms with Crippen molar-refractivity contribution in [1.82, 2.24) is 0 Å². The van der Waals surface area contributed by atoms with Crippen LogP contribution in [0.4, 0.5) is 4.39 Å². The first-order valence-corrected chi connectivity index (χ1v) is 17.4. The van der Waals surface area contributed by atoms with E-state index in [1.807, 2.05) is 39.0 Å². The van der Waals surface area contributed by atoms with Gasteiger partial charge in [-0.2, -0.15) is 0 Å². The molecule has 1 saturated heterocycles. The second-order valence-corrected chi connectivity index (χ2v) is 17.8. The molecule has 5 atom stereocenters. The number of carbonyl (C=O) groups excluding carboxylic acids is 1. The molecule has 218 valence electrons. The minimum Gasteiger partial charge on any atom is -0.494 e. The van der Waals surface area contributed by atoms with Crippen LogP contribution in [0, 0.1) is 11.8 Å². The van der Waals surface area contributed by atoms with Crippen LogP contribution in [0.5, 0.6) is 11.5 Å². The third-order valence-electron chi connectivity index (χ3n) is 7.03. The monoisotopic (exact) mass is 564 g/mol. The molecule has 7 nitrogen and oxygen atoms in total. The first-order valence-electron chi connectivity index (χ1n) is 13.7. The van der Waals surface area contributed by atoms with E-state index in [9.17, 15) is 4.79 Å². The second kappa shape index (κ2) is 13.0. The molecule has 3 unspecified atom stereocenters. The Kier molecular flexibility index (Phi) is 10.4. The average Bonchev–Trinajstić information content (AvgIpc) is 3.14. The first-order chi connectivity index (χ1) is 18.2. The Morgan fingerprint density at radius 3 is 2.49 bits per heavy atom. The van der Waals surface area contributed by atoms with Crippen molar-refractivity contribution >= 4 is 20.1 Å². The molecule has 0 spiro atoms. The van der Waals surface area contributed by atoms with Gasteiger partial charge in [-0.25, -0.2) is 9.18 Å². The third-order valence-corrected chi connectivity index (χ3v) is 8.74. The molecule has 1 aromatic carbocycles. The molecule has 0 bridgehead atoms. The minimum absolute atomic E-state index is 0.0520. The number of ether oxygens (including phenoxy) is 6. The van der Waals surface area contributed by atoms with Crippen molar-refractivity contribution in [3.63, 3.8) is 0 Å². The molecule has 39 heavy (non-hydrogen) atoms. The predicted octanol–water partition coefficient (Wildman–Crippen LogP) is 6.99. The smallest absolute Gasteiger partial charge is 0.342 e. The Labute approximate surface area is 233 Å². The molecule has 0 aliphatic carbocycles. The Bertz CT molecular complexity index is 1060. The number of benzene rings is 1. The molecule has 2 aliphatic heterocycles. The van der Waals surface area contributed by atoms with Crippen molar-refractivity contribution in [2.75, 3.05) is 20.5 Å². The van der Waals surface area contributed by atoms with Gasteiger partial charge in [0, 0.05) is 33.1 Å². The van der Waals surface area contributed by atoms with Crippen LogP contribution in [0.2, 0.25) is 25.7 Å². The van der Waals surface area contributed by atoms with Gasteiger partial charge in [-0.1, -0.05) is 45.6 Å². The van der Waals surface area contributed by atoms with Crippen molar-refractivity contribution in [3.8, 4) is 11.5 Å². The molecule has 0 aromatic heterocycles. The molecule has 2 heterocycles. The summed E-state index contributed by atoms with van der Waals surface area (Å²) in [6.45, 7) is 16.4. The number of hydrogen-bond donors (Lipinski definition) is 0. The van der Waals surface area contributed by atoms with Crippen LogP contribution in [0.25, 0.3) is 6.08 Å². The second-order valence-electron chi connectivity index (χ2n) is 12.2. The number of methoxy groups -OCH3 is 1. The molecule has 0 saturated carbocycles. The zero-order valence-corrected chi connectivity index (χ0v) is 25.8. The van der Waals surface area contributed by atoms with Gasteiger partial charge in [0.15, 0.2) is 12.6 Å². The Morgan fingerprint density at radius 1 is 1.10 bits per heavy atom. The lowest BCUT2D eigenvalue weighted by Crippen LogP contribution is -2.30. The highest BCUT2D eigenvalue weighted by Gasteiger charge is 2.44. The van der Waals surface area contributed by atoms with E-state index in [0.29, 0.717) is 30.1 Å². The summed E-state index contributed by atoms with van der Waals surface area (Å²) in [6.07, 6.45) is 4.29. The molecule has 3 rings (SSSR count). The van der Waals surface area contributed by atoms with Crippen LogP contribution in [-0.2, 0) is 18.9 Å².